The molecule has 29 heavy (non-hydrogen) atoms. The minimum Gasteiger partial charge on any atom is -0.296 e. The van der Waals surface area contributed by atoms with Crippen LogP contribution in [-0.4, -0.2) is 37.3 Å². The zero-order valence-corrected chi connectivity index (χ0v) is 16.4. The van der Waals surface area contributed by atoms with Gasteiger partial charge in [0, 0.05) is 44.2 Å². The molecule has 1 aromatic carbocycles. The summed E-state index contributed by atoms with van der Waals surface area (Å²) < 4.78 is 2.93. The summed E-state index contributed by atoms with van der Waals surface area (Å²) in [6, 6.07) is 13.9. The minimum atomic E-state index is -0.542. The number of pyridine rings is 1. The molecule has 0 amide bonds. The molecule has 148 valence electrons. The Bertz CT molecular complexity index is 1150. The monoisotopic (exact) mass is 389 g/mol. The number of hydrogen-bond acceptors (Lipinski definition) is 5. The third kappa shape index (κ3) is 3.31. The predicted octanol–water partition coefficient (Wildman–Crippen LogP) is 1.39. The van der Waals surface area contributed by atoms with Crippen molar-refractivity contribution >= 4 is 0 Å². The molecule has 2 aliphatic rings. The number of aromatic nitrogens is 4. The maximum atomic E-state index is 12.7. The van der Waals surface area contributed by atoms with E-state index in [2.05, 4.69) is 15.0 Å². The van der Waals surface area contributed by atoms with E-state index in [0.29, 0.717) is 19.0 Å². The van der Waals surface area contributed by atoms with Crippen LogP contribution in [0.2, 0.25) is 0 Å². The zero-order chi connectivity index (χ0) is 20.0. The van der Waals surface area contributed by atoms with E-state index < -0.39 is 11.1 Å². The molecule has 1 fully saturated rings. The van der Waals surface area contributed by atoms with Gasteiger partial charge in [0.1, 0.15) is 5.82 Å². The van der Waals surface area contributed by atoms with Crippen molar-refractivity contribution in [3.8, 4) is 0 Å². The van der Waals surface area contributed by atoms with E-state index in [1.54, 1.807) is 4.57 Å². The second-order valence-electron chi connectivity index (χ2n) is 8.10. The summed E-state index contributed by atoms with van der Waals surface area (Å²) in [5, 5.41) is 4.64. The quantitative estimate of drug-likeness (QED) is 0.631. The highest BCUT2D eigenvalue weighted by Crippen LogP contribution is 2.37. The van der Waals surface area contributed by atoms with Gasteiger partial charge in [-0.3, -0.25) is 24.0 Å². The Labute approximate surface area is 168 Å². The lowest BCUT2D eigenvalue weighted by Crippen LogP contribution is -2.44. The van der Waals surface area contributed by atoms with Gasteiger partial charge in [-0.25, -0.2) is 4.68 Å². The Morgan fingerprint density at radius 1 is 0.966 bits per heavy atom. The van der Waals surface area contributed by atoms with Crippen molar-refractivity contribution in [1.29, 1.82) is 0 Å². The Kier molecular flexibility index (Phi) is 4.39. The van der Waals surface area contributed by atoms with E-state index >= 15 is 0 Å². The topological polar surface area (TPSA) is 73.0 Å². The van der Waals surface area contributed by atoms with Gasteiger partial charge in [-0.05, 0) is 24.6 Å². The van der Waals surface area contributed by atoms with Crippen molar-refractivity contribution in [2.75, 3.05) is 13.1 Å². The van der Waals surface area contributed by atoms with Crippen molar-refractivity contribution in [3.05, 3.63) is 92.0 Å². The summed E-state index contributed by atoms with van der Waals surface area (Å²) >= 11 is 0. The maximum absolute atomic E-state index is 12.7. The smallest absolute Gasteiger partial charge is 0.296 e. The second-order valence-corrected chi connectivity index (χ2v) is 8.10. The molecule has 2 atom stereocenters. The van der Waals surface area contributed by atoms with Crippen LogP contribution in [0.25, 0.3) is 0 Å². The molecular formula is C22H23N5O2. The molecular weight excluding hydrogens is 366 g/mol. The molecule has 7 heteroatoms. The van der Waals surface area contributed by atoms with Gasteiger partial charge in [-0.1, -0.05) is 35.9 Å². The molecule has 2 aromatic heterocycles. The standard InChI is InChI=1S/C22H23N5O2/c1-15-5-7-16(8-6-15)10-27-22(29)21(28)26-12-17-11-25(14-19(17)20(26)24-27)13-18-4-2-3-9-23-18/h2-9,17,19H,10-14H2,1H3/t17-,19-/m0/s1. The van der Waals surface area contributed by atoms with Gasteiger partial charge in [0.2, 0.25) is 0 Å². The lowest BCUT2D eigenvalue weighted by atomic mass is 10.00. The summed E-state index contributed by atoms with van der Waals surface area (Å²) in [6.45, 7) is 5.42. The number of likely N-dealkylation sites (tertiary alicyclic amines) is 1. The average molecular weight is 389 g/mol. The highest BCUT2D eigenvalue weighted by atomic mass is 16.2. The molecule has 3 aromatic rings. The number of fused-ring (bicyclic) bond motifs is 3. The van der Waals surface area contributed by atoms with Crippen molar-refractivity contribution < 1.29 is 0 Å². The highest BCUT2D eigenvalue weighted by molar-refractivity contribution is 5.21. The Morgan fingerprint density at radius 2 is 1.79 bits per heavy atom. The van der Waals surface area contributed by atoms with Crippen LogP contribution in [0.1, 0.15) is 28.6 Å². The number of nitrogens with zero attached hydrogens (tertiary/aromatic N) is 5. The first kappa shape index (κ1) is 18.0. The predicted molar refractivity (Wildman–Crippen MR) is 109 cm³/mol. The number of hydrogen-bond donors (Lipinski definition) is 0. The van der Waals surface area contributed by atoms with E-state index in [9.17, 15) is 9.59 Å². The van der Waals surface area contributed by atoms with Gasteiger partial charge >= 0.3 is 11.1 Å². The molecule has 7 nitrogen and oxygen atoms in total. The van der Waals surface area contributed by atoms with Gasteiger partial charge in [0.05, 0.1) is 12.2 Å². The van der Waals surface area contributed by atoms with Crippen LogP contribution in [0.3, 0.4) is 0 Å². The first-order valence-corrected chi connectivity index (χ1v) is 9.98. The molecule has 0 bridgehead atoms. The molecule has 0 saturated carbocycles. The third-order valence-electron chi connectivity index (χ3n) is 5.99. The van der Waals surface area contributed by atoms with Crippen LogP contribution >= 0.6 is 0 Å². The maximum Gasteiger partial charge on any atom is 0.332 e. The van der Waals surface area contributed by atoms with E-state index in [4.69, 9.17) is 0 Å². The summed E-state index contributed by atoms with van der Waals surface area (Å²) in [4.78, 5) is 32.0. The summed E-state index contributed by atoms with van der Waals surface area (Å²) in [7, 11) is 0. The molecule has 5 rings (SSSR count). The fourth-order valence-electron chi connectivity index (χ4n) is 4.50. The largest absolute Gasteiger partial charge is 0.332 e. The van der Waals surface area contributed by atoms with E-state index in [1.807, 2.05) is 55.6 Å². The molecule has 0 spiro atoms. The summed E-state index contributed by atoms with van der Waals surface area (Å²) in [5.74, 6) is 1.24. The second kappa shape index (κ2) is 7.08. The van der Waals surface area contributed by atoms with Crippen LogP contribution in [0.5, 0.6) is 0 Å². The summed E-state index contributed by atoms with van der Waals surface area (Å²) in [5.41, 5.74) is 2.17. The molecule has 2 aliphatic heterocycles. The third-order valence-corrected chi connectivity index (χ3v) is 5.99. The van der Waals surface area contributed by atoms with Crippen molar-refractivity contribution in [2.45, 2.75) is 32.5 Å². The van der Waals surface area contributed by atoms with E-state index in [-0.39, 0.29) is 5.92 Å². The molecule has 0 radical (unpaired) electrons. The highest BCUT2D eigenvalue weighted by Gasteiger charge is 2.42. The van der Waals surface area contributed by atoms with Gasteiger partial charge in [-0.2, -0.15) is 5.10 Å². The summed E-state index contributed by atoms with van der Waals surface area (Å²) in [6.07, 6.45) is 1.81. The molecule has 0 aliphatic carbocycles. The van der Waals surface area contributed by atoms with Gasteiger partial charge in [0.25, 0.3) is 0 Å². The van der Waals surface area contributed by atoms with E-state index in [0.717, 1.165) is 42.3 Å². The van der Waals surface area contributed by atoms with Crippen molar-refractivity contribution in [1.82, 2.24) is 24.2 Å². The molecule has 0 N–H and O–H groups in total. The lowest BCUT2D eigenvalue weighted by Gasteiger charge is -2.17. The minimum absolute atomic E-state index is 0.177. The van der Waals surface area contributed by atoms with Crippen LogP contribution in [0.15, 0.2) is 58.3 Å². The van der Waals surface area contributed by atoms with E-state index in [1.165, 1.54) is 4.68 Å². The number of benzene rings is 1. The lowest BCUT2D eigenvalue weighted by molar-refractivity contribution is 0.300. The van der Waals surface area contributed by atoms with Crippen molar-refractivity contribution in [3.63, 3.8) is 0 Å². The zero-order valence-electron chi connectivity index (χ0n) is 16.4. The molecule has 1 saturated heterocycles. The first-order valence-electron chi connectivity index (χ1n) is 9.98. The van der Waals surface area contributed by atoms with Gasteiger partial charge in [0.15, 0.2) is 0 Å². The van der Waals surface area contributed by atoms with Crippen LogP contribution < -0.4 is 11.1 Å². The Morgan fingerprint density at radius 3 is 2.55 bits per heavy atom. The SMILES string of the molecule is Cc1ccc(Cn2nc3n(c(=O)c2=O)C[C@@H]2CN(Cc4ccccn4)C[C@H]32)cc1. The van der Waals surface area contributed by atoms with Crippen molar-refractivity contribution in [2.24, 2.45) is 5.92 Å². The Hall–Kier alpha value is -3.06. The molecule has 4 heterocycles. The average Bonchev–Trinajstić information content (AvgIpc) is 3.26. The fourth-order valence-corrected chi connectivity index (χ4v) is 4.50. The number of rotatable bonds is 4. The Balaban J connectivity index is 1.41. The van der Waals surface area contributed by atoms with Crippen LogP contribution in [0, 0.1) is 12.8 Å². The first-order chi connectivity index (χ1) is 14.1. The number of aryl methyl sites for hydroxylation is 1. The normalized spacial score (nSPS) is 20.6. The van der Waals surface area contributed by atoms with Crippen LogP contribution in [-0.2, 0) is 19.6 Å². The molecule has 0 unspecified atom stereocenters. The fraction of sp³-hybridized carbons (Fsp3) is 0.364. The van der Waals surface area contributed by atoms with Gasteiger partial charge in [-0.15, -0.1) is 0 Å². The van der Waals surface area contributed by atoms with Crippen LogP contribution in [0.4, 0.5) is 0 Å². The van der Waals surface area contributed by atoms with Gasteiger partial charge < -0.3 is 0 Å².